The van der Waals surface area contributed by atoms with Crippen LogP contribution in [0.4, 0.5) is 13.2 Å². The molecule has 1 aromatic carbocycles. The van der Waals surface area contributed by atoms with E-state index in [0.717, 1.165) is 17.0 Å². The summed E-state index contributed by atoms with van der Waals surface area (Å²) in [5.41, 5.74) is -1.36. The lowest BCUT2D eigenvalue weighted by Crippen LogP contribution is -2.44. The summed E-state index contributed by atoms with van der Waals surface area (Å²) in [4.78, 5) is 13.4. The van der Waals surface area contributed by atoms with Crippen molar-refractivity contribution in [1.29, 1.82) is 0 Å². The normalized spacial score (nSPS) is 22.9. The molecule has 0 aliphatic carbocycles. The summed E-state index contributed by atoms with van der Waals surface area (Å²) in [6, 6.07) is 4.13. The third-order valence-corrected chi connectivity index (χ3v) is 3.43. The third kappa shape index (κ3) is 2.78. The van der Waals surface area contributed by atoms with E-state index in [4.69, 9.17) is 0 Å². The molecule has 0 aromatic heterocycles. The minimum absolute atomic E-state index is 0.323. The Kier molecular flexibility index (Phi) is 4.01. The van der Waals surface area contributed by atoms with Gasteiger partial charge in [-0.3, -0.25) is 4.79 Å². The lowest BCUT2D eigenvalue weighted by atomic mass is 10.0. The summed E-state index contributed by atoms with van der Waals surface area (Å²) >= 11 is 0. The van der Waals surface area contributed by atoms with Crippen molar-refractivity contribution in [3.05, 3.63) is 35.4 Å². The van der Waals surface area contributed by atoms with E-state index in [9.17, 15) is 23.1 Å². The average Bonchev–Trinajstić information content (AvgIpc) is 2.82. The Morgan fingerprint density at radius 2 is 2.00 bits per heavy atom. The summed E-state index contributed by atoms with van der Waals surface area (Å²) in [5.74, 6) is -0.745. The molecule has 1 amide bonds. The zero-order valence-electron chi connectivity index (χ0n) is 10.8. The van der Waals surface area contributed by atoms with E-state index in [1.165, 1.54) is 19.2 Å². The summed E-state index contributed by atoms with van der Waals surface area (Å²) in [5, 5.41) is 12.6. The molecule has 0 unspecified atom stereocenters. The Labute approximate surface area is 114 Å². The van der Waals surface area contributed by atoms with Crippen molar-refractivity contribution in [3.63, 3.8) is 0 Å². The van der Waals surface area contributed by atoms with Crippen LogP contribution in [0.15, 0.2) is 24.3 Å². The monoisotopic (exact) mass is 288 g/mol. The number of carbonyl (C=O) groups excluding carboxylic acids is 1. The van der Waals surface area contributed by atoms with Crippen LogP contribution in [0.1, 0.15) is 15.9 Å². The molecule has 1 aliphatic heterocycles. The van der Waals surface area contributed by atoms with Crippen LogP contribution in [-0.2, 0) is 6.18 Å². The number of likely N-dealkylation sites (N-methyl/N-ethyl adjacent to an activating group) is 1. The number of carbonyl (C=O) groups is 1. The van der Waals surface area contributed by atoms with Gasteiger partial charge in [-0.05, 0) is 12.1 Å². The summed E-state index contributed by atoms with van der Waals surface area (Å²) in [6.07, 6.45) is -5.36. The zero-order chi connectivity index (χ0) is 14.9. The first-order valence-corrected chi connectivity index (χ1v) is 6.14. The Morgan fingerprint density at radius 1 is 1.35 bits per heavy atom. The highest BCUT2D eigenvalue weighted by molar-refractivity contribution is 5.96. The fraction of sp³-hybridized carbons (Fsp3) is 0.462. The van der Waals surface area contributed by atoms with Crippen LogP contribution < -0.4 is 5.32 Å². The predicted molar refractivity (Wildman–Crippen MR) is 66.2 cm³/mol. The van der Waals surface area contributed by atoms with Gasteiger partial charge in [0.25, 0.3) is 5.91 Å². The molecule has 0 spiro atoms. The number of β-amino-alcohol motifs (C(OH)–C–C–N with tert-alkyl or cyclic N) is 1. The van der Waals surface area contributed by atoms with Gasteiger partial charge in [-0.2, -0.15) is 13.2 Å². The van der Waals surface area contributed by atoms with Crippen molar-refractivity contribution >= 4 is 5.91 Å². The van der Waals surface area contributed by atoms with Crippen molar-refractivity contribution < 1.29 is 23.1 Å². The topological polar surface area (TPSA) is 52.6 Å². The van der Waals surface area contributed by atoms with Gasteiger partial charge in [0.05, 0.1) is 23.3 Å². The quantitative estimate of drug-likeness (QED) is 0.857. The molecule has 7 heteroatoms. The Balaban J connectivity index is 2.30. The van der Waals surface area contributed by atoms with Crippen LogP contribution >= 0.6 is 0 Å². The summed E-state index contributed by atoms with van der Waals surface area (Å²) in [7, 11) is 1.40. The van der Waals surface area contributed by atoms with Gasteiger partial charge in [0.2, 0.25) is 0 Å². The van der Waals surface area contributed by atoms with Crippen molar-refractivity contribution in [3.8, 4) is 0 Å². The van der Waals surface area contributed by atoms with Crippen LogP contribution in [-0.4, -0.2) is 48.2 Å². The first-order chi connectivity index (χ1) is 9.32. The Morgan fingerprint density at radius 3 is 2.55 bits per heavy atom. The number of hydrogen-bond acceptors (Lipinski definition) is 3. The van der Waals surface area contributed by atoms with E-state index < -0.39 is 35.4 Å². The molecule has 2 N–H and O–H groups in total. The molecule has 1 heterocycles. The molecule has 1 saturated heterocycles. The summed E-state index contributed by atoms with van der Waals surface area (Å²) in [6.45, 7) is 0.681. The predicted octanol–water partition coefficient (Wildman–Crippen LogP) is 1.11. The molecule has 2 rings (SSSR count). The lowest BCUT2D eigenvalue weighted by Gasteiger charge is -2.27. The second-order valence-corrected chi connectivity index (χ2v) is 4.75. The first kappa shape index (κ1) is 14.8. The maximum absolute atomic E-state index is 12.9. The second-order valence-electron chi connectivity index (χ2n) is 4.75. The molecular weight excluding hydrogens is 273 g/mol. The molecule has 1 aliphatic rings. The zero-order valence-corrected chi connectivity index (χ0v) is 10.8. The van der Waals surface area contributed by atoms with Crippen molar-refractivity contribution in [2.24, 2.45) is 0 Å². The van der Waals surface area contributed by atoms with Gasteiger partial charge in [-0.15, -0.1) is 0 Å². The standard InChI is InChI=1S/C13H15F3N2O2/c1-18(10-6-17-7-11(10)19)12(20)8-4-2-3-5-9(8)13(14,15)16/h2-5,10-11,17,19H,6-7H2,1H3/t10-,11-/m1/s1. The number of aliphatic hydroxyl groups excluding tert-OH is 1. The third-order valence-electron chi connectivity index (χ3n) is 3.43. The van der Waals surface area contributed by atoms with Gasteiger partial charge in [0.1, 0.15) is 0 Å². The fourth-order valence-corrected chi connectivity index (χ4v) is 2.30. The minimum atomic E-state index is -4.58. The molecule has 0 saturated carbocycles. The maximum Gasteiger partial charge on any atom is 0.417 e. The highest BCUT2D eigenvalue weighted by Crippen LogP contribution is 2.32. The molecule has 0 bridgehead atoms. The van der Waals surface area contributed by atoms with Crippen LogP contribution in [0.25, 0.3) is 0 Å². The van der Waals surface area contributed by atoms with Crippen LogP contribution in [0.2, 0.25) is 0 Å². The number of nitrogens with zero attached hydrogens (tertiary/aromatic N) is 1. The maximum atomic E-state index is 12.9. The molecule has 1 aromatic rings. The largest absolute Gasteiger partial charge is 0.417 e. The van der Waals surface area contributed by atoms with Crippen LogP contribution in [0.3, 0.4) is 0 Å². The smallest absolute Gasteiger partial charge is 0.390 e. The number of hydrogen-bond donors (Lipinski definition) is 2. The van der Waals surface area contributed by atoms with Gasteiger partial charge in [-0.25, -0.2) is 0 Å². The van der Waals surface area contributed by atoms with E-state index in [-0.39, 0.29) is 0 Å². The second kappa shape index (κ2) is 5.41. The lowest BCUT2D eigenvalue weighted by molar-refractivity contribution is -0.138. The Bertz CT molecular complexity index is 505. The number of amides is 1. The van der Waals surface area contributed by atoms with E-state index in [2.05, 4.69) is 5.32 Å². The highest BCUT2D eigenvalue weighted by Gasteiger charge is 2.38. The van der Waals surface area contributed by atoms with Crippen LogP contribution in [0.5, 0.6) is 0 Å². The molecule has 20 heavy (non-hydrogen) atoms. The number of nitrogens with one attached hydrogen (secondary N) is 1. The van der Waals surface area contributed by atoms with E-state index in [1.54, 1.807) is 0 Å². The molecule has 4 nitrogen and oxygen atoms in total. The van der Waals surface area contributed by atoms with E-state index in [1.807, 2.05) is 0 Å². The van der Waals surface area contributed by atoms with Crippen molar-refractivity contribution in [2.75, 3.05) is 20.1 Å². The van der Waals surface area contributed by atoms with Gasteiger partial charge in [0, 0.05) is 20.1 Å². The van der Waals surface area contributed by atoms with Crippen molar-refractivity contribution in [1.82, 2.24) is 10.2 Å². The molecule has 110 valence electrons. The summed E-state index contributed by atoms with van der Waals surface area (Å²) < 4.78 is 38.7. The number of benzene rings is 1. The van der Waals surface area contributed by atoms with Gasteiger partial charge in [-0.1, -0.05) is 12.1 Å². The molecule has 0 radical (unpaired) electrons. The molecule has 1 fully saturated rings. The average molecular weight is 288 g/mol. The number of rotatable bonds is 2. The first-order valence-electron chi connectivity index (χ1n) is 6.14. The fourth-order valence-electron chi connectivity index (χ4n) is 2.30. The number of alkyl halides is 3. The number of aliphatic hydroxyl groups is 1. The number of halogens is 3. The van der Waals surface area contributed by atoms with Gasteiger partial charge >= 0.3 is 6.18 Å². The minimum Gasteiger partial charge on any atom is -0.390 e. The molecule has 2 atom stereocenters. The highest BCUT2D eigenvalue weighted by atomic mass is 19.4. The van der Waals surface area contributed by atoms with Gasteiger partial charge in [0.15, 0.2) is 0 Å². The molecular formula is C13H15F3N2O2. The Hall–Kier alpha value is -1.60. The SMILES string of the molecule is CN(C(=O)c1ccccc1C(F)(F)F)[C@@H]1CNC[C@H]1O. The van der Waals surface area contributed by atoms with E-state index in [0.29, 0.717) is 13.1 Å². The van der Waals surface area contributed by atoms with Crippen molar-refractivity contribution in [2.45, 2.75) is 18.3 Å². The van der Waals surface area contributed by atoms with Crippen LogP contribution in [0, 0.1) is 0 Å². The van der Waals surface area contributed by atoms with E-state index >= 15 is 0 Å². The van der Waals surface area contributed by atoms with Gasteiger partial charge < -0.3 is 15.3 Å².